The van der Waals surface area contributed by atoms with E-state index in [0.29, 0.717) is 36.9 Å². The number of hydrogen-bond donors (Lipinski definition) is 2. The molecule has 12 heteroatoms. The largest absolute Gasteiger partial charge is 0.490 e. The van der Waals surface area contributed by atoms with Gasteiger partial charge in [0.15, 0.2) is 6.29 Å². The van der Waals surface area contributed by atoms with Crippen LogP contribution in [0, 0.1) is 17.8 Å². The summed E-state index contributed by atoms with van der Waals surface area (Å²) in [7, 11) is -2.41. The first-order valence-corrected chi connectivity index (χ1v) is 21.8. The summed E-state index contributed by atoms with van der Waals surface area (Å²) in [6, 6.07) is 13.7. The van der Waals surface area contributed by atoms with Gasteiger partial charge in [0.2, 0.25) is 10.0 Å². The van der Waals surface area contributed by atoms with Gasteiger partial charge in [-0.25, -0.2) is 13.1 Å². The molecule has 1 amide bonds. The van der Waals surface area contributed by atoms with Crippen molar-refractivity contribution in [1.29, 1.82) is 0 Å². The summed E-state index contributed by atoms with van der Waals surface area (Å²) >= 11 is 6.40. The monoisotopic (exact) mass is 780 g/mol. The lowest BCUT2D eigenvalue weighted by atomic mass is 9.64. The number of carbonyl (C=O) groups excluding carboxylic acids is 2. The lowest BCUT2D eigenvalue weighted by Crippen LogP contribution is -2.53. The van der Waals surface area contributed by atoms with Crippen molar-refractivity contribution in [3.63, 3.8) is 0 Å². The maximum atomic E-state index is 13.4. The number of ether oxygens (including phenoxy) is 2. The van der Waals surface area contributed by atoms with Crippen molar-refractivity contribution >= 4 is 39.5 Å². The predicted octanol–water partition coefficient (Wildman–Crippen LogP) is 5.91. The number of rotatable bonds is 3. The minimum Gasteiger partial charge on any atom is -0.490 e. The number of sulfonamides is 1. The van der Waals surface area contributed by atoms with Gasteiger partial charge in [-0.3, -0.25) is 14.5 Å². The van der Waals surface area contributed by atoms with Gasteiger partial charge in [0, 0.05) is 73.3 Å². The lowest BCUT2D eigenvalue weighted by molar-refractivity contribution is -0.135. The molecule has 0 aromatic heterocycles. The van der Waals surface area contributed by atoms with Crippen molar-refractivity contribution < 1.29 is 27.5 Å². The van der Waals surface area contributed by atoms with Gasteiger partial charge in [-0.1, -0.05) is 30.7 Å². The molecule has 8 rings (SSSR count). The van der Waals surface area contributed by atoms with Crippen molar-refractivity contribution in [3.05, 3.63) is 70.3 Å². The zero-order valence-electron chi connectivity index (χ0n) is 32.4. The Labute approximate surface area is 326 Å². The first kappa shape index (κ1) is 39.3. The van der Waals surface area contributed by atoms with Gasteiger partial charge in [0.1, 0.15) is 11.4 Å². The van der Waals surface area contributed by atoms with E-state index in [1.54, 1.807) is 32.2 Å². The molecule has 8 atom stereocenters. The number of aryl methyl sites for hydroxylation is 1. The van der Waals surface area contributed by atoms with Gasteiger partial charge < -0.3 is 19.7 Å². The molecule has 10 nitrogen and oxygen atoms in total. The van der Waals surface area contributed by atoms with Crippen LogP contribution in [0.1, 0.15) is 87.7 Å². The van der Waals surface area contributed by atoms with E-state index in [0.717, 1.165) is 62.2 Å². The molecular formula is C42H57ClN4O6S. The molecule has 2 N–H and O–H groups in total. The first-order valence-electron chi connectivity index (χ1n) is 19.8. The Morgan fingerprint density at radius 3 is 2.57 bits per heavy atom. The number of halogens is 1. The zero-order chi connectivity index (χ0) is 38.4. The number of fused-ring (bicyclic) bond motifs is 6. The van der Waals surface area contributed by atoms with E-state index in [1.807, 2.05) is 25.1 Å². The fourth-order valence-electron chi connectivity index (χ4n) is 9.91. The Kier molecular flexibility index (Phi) is 11.3. The second-order valence-electron chi connectivity index (χ2n) is 17.0. The molecule has 6 aliphatic rings. The van der Waals surface area contributed by atoms with E-state index in [1.165, 1.54) is 30.6 Å². The number of hydrogen-bond acceptors (Lipinski definition) is 9. The highest BCUT2D eigenvalue weighted by Crippen LogP contribution is 2.48. The van der Waals surface area contributed by atoms with Crippen LogP contribution in [0.2, 0.25) is 5.02 Å². The fraction of sp³-hybridized carbons (Fsp3) is 0.619. The fourth-order valence-corrected chi connectivity index (χ4v) is 11.4. The molecular weight excluding hydrogens is 724 g/mol. The number of nitrogens with zero attached hydrogens (tertiary/aromatic N) is 2. The maximum Gasteiger partial charge on any atom is 0.264 e. The number of likely N-dealkylation sites (tertiary alicyclic amines) is 1. The summed E-state index contributed by atoms with van der Waals surface area (Å²) in [6.07, 6.45) is 11.0. The van der Waals surface area contributed by atoms with E-state index in [-0.39, 0.29) is 28.7 Å². The number of allylic oxidation sites excluding steroid dienone is 1. The van der Waals surface area contributed by atoms with Crippen LogP contribution in [0.3, 0.4) is 0 Å². The quantitative estimate of drug-likeness (QED) is 0.290. The third kappa shape index (κ3) is 7.48. The van der Waals surface area contributed by atoms with Crippen LogP contribution >= 0.6 is 11.6 Å². The van der Waals surface area contributed by atoms with Crippen molar-refractivity contribution in [2.24, 2.45) is 17.8 Å². The van der Waals surface area contributed by atoms with Crippen LogP contribution in [0.15, 0.2) is 48.6 Å². The smallest absolute Gasteiger partial charge is 0.264 e. The number of amides is 1. The maximum absolute atomic E-state index is 13.4. The minimum atomic E-state index is -3.97. The van der Waals surface area contributed by atoms with Crippen molar-refractivity contribution in [3.8, 4) is 5.75 Å². The van der Waals surface area contributed by atoms with E-state index in [2.05, 4.69) is 45.8 Å². The van der Waals surface area contributed by atoms with E-state index in [9.17, 15) is 18.0 Å². The molecule has 54 heavy (non-hydrogen) atoms. The number of methoxy groups -OCH3 is 1. The highest BCUT2D eigenvalue weighted by atomic mass is 35.5. The van der Waals surface area contributed by atoms with Crippen LogP contribution in [-0.4, -0.2) is 94.4 Å². The van der Waals surface area contributed by atoms with Crippen LogP contribution in [0.4, 0.5) is 5.69 Å². The van der Waals surface area contributed by atoms with Crippen molar-refractivity contribution in [2.45, 2.75) is 107 Å². The molecule has 294 valence electrons. The molecule has 4 heterocycles. The number of piperazine rings is 1. The second kappa shape index (κ2) is 15.5. The SMILES string of the molecule is CC(C)N1C[C@@H]2C[C@H]1CN2.CO[C@]1(C=O)/C=C/C[C@H](C)[C@@H](C)S(=O)(=O)NC(=O)c2ccc3c(c2)N(C[C@@H]2CC[C@H]21)C[C@@]1(CCCc2cc(Cl)ccc21)CO3. The van der Waals surface area contributed by atoms with E-state index in [4.69, 9.17) is 21.1 Å². The summed E-state index contributed by atoms with van der Waals surface area (Å²) in [5.74, 6) is -0.203. The standard InChI is InChI=1S/C34H41ClN2O6S.C8H16N2/c1-22-6-4-15-34(20-38,42-3)29-11-8-26(29)18-37-19-33(14-5-7-24-16-27(35)10-12-28(24)33)21-43-31-13-9-25(17-30(31)37)32(39)36-44(40,41)23(22)2;1-6(2)10-5-7-3-8(10)4-9-7/h4,9-10,12-13,15-17,20,22-23,26,29H,5-8,11,14,18-19,21H2,1-3H3,(H,36,39);6-9H,3-5H2,1-2H3/b15-4+;/t22-,23+,26-,29+,33-,34-;7-,8-/m00/s1. The topological polar surface area (TPSA) is 117 Å². The molecule has 2 aliphatic carbocycles. The lowest BCUT2D eigenvalue weighted by Gasteiger charge is -2.48. The van der Waals surface area contributed by atoms with Crippen molar-refractivity contribution in [2.75, 3.05) is 44.8 Å². The average Bonchev–Trinajstić information content (AvgIpc) is 3.75. The number of carbonyl (C=O) groups is 2. The number of nitrogens with one attached hydrogen (secondary N) is 2. The van der Waals surface area contributed by atoms with Gasteiger partial charge >= 0.3 is 0 Å². The van der Waals surface area contributed by atoms with Gasteiger partial charge in [-0.15, -0.1) is 0 Å². The molecule has 2 saturated heterocycles. The molecule has 1 saturated carbocycles. The summed E-state index contributed by atoms with van der Waals surface area (Å²) in [5.41, 5.74) is 2.05. The molecule has 3 fully saturated rings. The summed E-state index contributed by atoms with van der Waals surface area (Å²) in [6.45, 7) is 12.3. The number of benzene rings is 2. The summed E-state index contributed by atoms with van der Waals surface area (Å²) in [5, 5.41) is 3.38. The predicted molar refractivity (Wildman–Crippen MR) is 213 cm³/mol. The summed E-state index contributed by atoms with van der Waals surface area (Å²) < 4.78 is 41.3. The molecule has 0 radical (unpaired) electrons. The highest BCUT2D eigenvalue weighted by molar-refractivity contribution is 7.90. The first-order chi connectivity index (χ1) is 25.8. The van der Waals surface area contributed by atoms with Crippen LogP contribution < -0.4 is 19.7 Å². The minimum absolute atomic E-state index is 0.0434. The Morgan fingerprint density at radius 1 is 1.11 bits per heavy atom. The Hall–Kier alpha value is -2.96. The second-order valence-corrected chi connectivity index (χ2v) is 19.5. The third-order valence-corrected chi connectivity index (χ3v) is 15.6. The van der Waals surface area contributed by atoms with Gasteiger partial charge in [-0.05, 0) is 125 Å². The molecule has 0 unspecified atom stereocenters. The zero-order valence-corrected chi connectivity index (χ0v) is 33.9. The molecule has 2 aromatic rings. The number of anilines is 1. The van der Waals surface area contributed by atoms with Gasteiger partial charge in [0.05, 0.1) is 17.5 Å². The molecule has 4 aliphatic heterocycles. The summed E-state index contributed by atoms with van der Waals surface area (Å²) in [4.78, 5) is 31.0. The molecule has 1 spiro atoms. The van der Waals surface area contributed by atoms with Gasteiger partial charge in [0.25, 0.3) is 5.91 Å². The third-order valence-electron chi connectivity index (χ3n) is 13.5. The highest BCUT2D eigenvalue weighted by Gasteiger charge is 2.49. The number of aldehydes is 1. The Balaban J connectivity index is 0.000000386. The normalized spacial score (nSPS) is 35.0. The van der Waals surface area contributed by atoms with Crippen LogP contribution in [-0.2, 0) is 31.4 Å². The molecule has 2 aromatic carbocycles. The average molecular weight is 781 g/mol. The Bertz CT molecular complexity index is 1870. The van der Waals surface area contributed by atoms with E-state index >= 15 is 0 Å². The van der Waals surface area contributed by atoms with E-state index < -0.39 is 26.8 Å². The van der Waals surface area contributed by atoms with Crippen LogP contribution in [0.25, 0.3) is 0 Å². The van der Waals surface area contributed by atoms with Crippen molar-refractivity contribution in [1.82, 2.24) is 14.9 Å². The Morgan fingerprint density at radius 2 is 1.93 bits per heavy atom. The van der Waals surface area contributed by atoms with Gasteiger partial charge in [-0.2, -0.15) is 0 Å². The van der Waals surface area contributed by atoms with Crippen LogP contribution in [0.5, 0.6) is 5.75 Å². The molecule has 4 bridgehead atoms.